The van der Waals surface area contributed by atoms with Crippen LogP contribution in [0.2, 0.25) is 0 Å². The lowest BCUT2D eigenvalue weighted by molar-refractivity contribution is -0.375. The zero-order valence-electron chi connectivity index (χ0n) is 12.7. The Morgan fingerprint density at radius 3 is 2.22 bits per heavy atom. The number of alkyl carbamates (subject to hydrolysis) is 1. The second-order valence-electron chi connectivity index (χ2n) is 4.38. The molecule has 5 N–H and O–H groups in total. The number of benzene rings is 1. The number of hydrogen-bond donors (Lipinski definition) is 5. The van der Waals surface area contributed by atoms with Gasteiger partial charge in [0.1, 0.15) is 11.5 Å². The molecule has 23 heavy (non-hydrogen) atoms. The topological polar surface area (TPSA) is 138 Å². The standard InChI is InChI=1S/C13H18BrNO8/c1-4-23-11(16)15-13(19,20)12(17,18)7-5-10(22-3)8(14)6-9(7)21-2/h5-6,17-20H,4H2,1-3H3,(H,15,16). The van der Waals surface area contributed by atoms with Gasteiger partial charge in [0.05, 0.1) is 30.9 Å². The van der Waals surface area contributed by atoms with Crippen molar-refractivity contribution in [1.29, 1.82) is 0 Å². The molecule has 0 atom stereocenters. The van der Waals surface area contributed by atoms with E-state index >= 15 is 0 Å². The molecule has 0 saturated carbocycles. The Labute approximate surface area is 140 Å². The largest absolute Gasteiger partial charge is 0.496 e. The van der Waals surface area contributed by atoms with E-state index in [0.29, 0.717) is 4.47 Å². The van der Waals surface area contributed by atoms with Gasteiger partial charge in [-0.15, -0.1) is 0 Å². The summed E-state index contributed by atoms with van der Waals surface area (Å²) in [7, 11) is 2.57. The smallest absolute Gasteiger partial charge is 0.411 e. The number of hydrogen-bond acceptors (Lipinski definition) is 8. The quantitative estimate of drug-likeness (QED) is 0.424. The molecule has 9 nitrogen and oxygen atoms in total. The summed E-state index contributed by atoms with van der Waals surface area (Å²) in [6.45, 7) is 1.44. The van der Waals surface area contributed by atoms with Gasteiger partial charge < -0.3 is 34.6 Å². The van der Waals surface area contributed by atoms with Crippen LogP contribution in [-0.4, -0.2) is 53.3 Å². The van der Waals surface area contributed by atoms with Crippen LogP contribution in [0.5, 0.6) is 11.5 Å². The van der Waals surface area contributed by atoms with E-state index < -0.39 is 23.4 Å². The molecule has 0 aliphatic rings. The molecule has 0 heterocycles. The third kappa shape index (κ3) is 4.03. The number of halogens is 1. The average Bonchev–Trinajstić information content (AvgIpc) is 2.46. The van der Waals surface area contributed by atoms with Gasteiger partial charge in [-0.05, 0) is 35.0 Å². The molecule has 0 radical (unpaired) electrons. The predicted octanol–water partition coefficient (Wildman–Crippen LogP) is -0.0118. The van der Waals surface area contributed by atoms with E-state index in [2.05, 4.69) is 20.7 Å². The average molecular weight is 396 g/mol. The normalized spacial score (nSPS) is 11.8. The molecular formula is C13H18BrNO8. The fourth-order valence-corrected chi connectivity index (χ4v) is 2.20. The lowest BCUT2D eigenvalue weighted by Crippen LogP contribution is -2.63. The van der Waals surface area contributed by atoms with Crippen molar-refractivity contribution in [3.05, 3.63) is 22.2 Å². The molecule has 1 aromatic carbocycles. The zero-order chi connectivity index (χ0) is 17.8. The zero-order valence-corrected chi connectivity index (χ0v) is 14.2. The summed E-state index contributed by atoms with van der Waals surface area (Å²) in [5.41, 5.74) is -0.457. The maximum Gasteiger partial charge on any atom is 0.411 e. The van der Waals surface area contributed by atoms with Crippen LogP contribution >= 0.6 is 15.9 Å². The summed E-state index contributed by atoms with van der Waals surface area (Å²) in [5, 5.41) is 41.7. The van der Waals surface area contributed by atoms with E-state index in [1.807, 2.05) is 0 Å². The Bertz CT molecular complexity index is 575. The summed E-state index contributed by atoms with van der Waals surface area (Å²) in [6.07, 6.45) is -1.26. The van der Waals surface area contributed by atoms with Crippen molar-refractivity contribution < 1.29 is 39.4 Å². The summed E-state index contributed by atoms with van der Waals surface area (Å²) in [5.74, 6) is -6.73. The van der Waals surface area contributed by atoms with Crippen molar-refractivity contribution in [2.45, 2.75) is 18.6 Å². The lowest BCUT2D eigenvalue weighted by atomic mass is 10.0. The van der Waals surface area contributed by atoms with Gasteiger partial charge in [0.25, 0.3) is 5.79 Å². The van der Waals surface area contributed by atoms with Gasteiger partial charge in [-0.1, -0.05) is 0 Å². The molecule has 0 aromatic heterocycles. The Kier molecular flexibility index (Phi) is 6.19. The van der Waals surface area contributed by atoms with Crippen LogP contribution in [0.25, 0.3) is 0 Å². The van der Waals surface area contributed by atoms with Gasteiger partial charge >= 0.3 is 12.0 Å². The first-order valence-corrected chi connectivity index (χ1v) is 7.16. The highest BCUT2D eigenvalue weighted by Crippen LogP contribution is 2.40. The number of nitrogens with one attached hydrogen (secondary N) is 1. The second-order valence-corrected chi connectivity index (χ2v) is 5.23. The first kappa shape index (κ1) is 19.5. The van der Waals surface area contributed by atoms with Gasteiger partial charge in [0.15, 0.2) is 0 Å². The van der Waals surface area contributed by atoms with Gasteiger partial charge in [0, 0.05) is 0 Å². The molecule has 0 aliphatic carbocycles. The molecule has 1 rings (SSSR count). The maximum absolute atomic E-state index is 11.3. The molecule has 1 aromatic rings. The Morgan fingerprint density at radius 1 is 1.17 bits per heavy atom. The van der Waals surface area contributed by atoms with E-state index in [-0.39, 0.29) is 18.1 Å². The van der Waals surface area contributed by atoms with Gasteiger partial charge in [-0.3, -0.25) is 5.32 Å². The van der Waals surface area contributed by atoms with Crippen LogP contribution < -0.4 is 14.8 Å². The predicted molar refractivity (Wildman–Crippen MR) is 80.7 cm³/mol. The van der Waals surface area contributed by atoms with Crippen LogP contribution in [0.3, 0.4) is 0 Å². The number of ether oxygens (including phenoxy) is 3. The van der Waals surface area contributed by atoms with E-state index in [1.165, 1.54) is 27.2 Å². The highest BCUT2D eigenvalue weighted by molar-refractivity contribution is 9.10. The van der Waals surface area contributed by atoms with Gasteiger partial charge in [-0.2, -0.15) is 0 Å². The molecule has 1 amide bonds. The maximum atomic E-state index is 11.3. The van der Waals surface area contributed by atoms with Crippen molar-refractivity contribution in [1.82, 2.24) is 5.32 Å². The van der Waals surface area contributed by atoms with Crippen molar-refractivity contribution in [2.24, 2.45) is 0 Å². The molecule has 0 unspecified atom stereocenters. The monoisotopic (exact) mass is 395 g/mol. The third-order valence-electron chi connectivity index (χ3n) is 2.89. The summed E-state index contributed by atoms with van der Waals surface area (Å²) in [6, 6.07) is 2.44. The molecule has 0 bridgehead atoms. The van der Waals surface area contributed by atoms with E-state index in [4.69, 9.17) is 9.47 Å². The molecule has 130 valence electrons. The summed E-state index contributed by atoms with van der Waals surface area (Å²) in [4.78, 5) is 11.3. The van der Waals surface area contributed by atoms with Crippen LogP contribution in [0.4, 0.5) is 4.79 Å². The minimum absolute atomic E-state index is 0.0544. The van der Waals surface area contributed by atoms with E-state index in [0.717, 1.165) is 6.07 Å². The van der Waals surface area contributed by atoms with Crippen molar-refractivity contribution in [3.8, 4) is 11.5 Å². The number of methoxy groups -OCH3 is 2. The van der Waals surface area contributed by atoms with Crippen LogP contribution in [0, 0.1) is 0 Å². The fourth-order valence-electron chi connectivity index (χ4n) is 1.72. The van der Waals surface area contributed by atoms with Crippen molar-refractivity contribution in [3.63, 3.8) is 0 Å². The summed E-state index contributed by atoms with van der Waals surface area (Å²) < 4.78 is 14.9. The van der Waals surface area contributed by atoms with E-state index in [9.17, 15) is 25.2 Å². The number of aliphatic hydroxyl groups is 4. The minimum Gasteiger partial charge on any atom is -0.496 e. The molecule has 0 spiro atoms. The molecule has 0 aliphatic heterocycles. The second kappa shape index (κ2) is 7.32. The van der Waals surface area contributed by atoms with Gasteiger partial charge in [0.2, 0.25) is 0 Å². The van der Waals surface area contributed by atoms with Crippen LogP contribution in [0.1, 0.15) is 12.5 Å². The molecule has 10 heteroatoms. The van der Waals surface area contributed by atoms with E-state index in [1.54, 1.807) is 5.32 Å². The molecule has 0 fully saturated rings. The lowest BCUT2D eigenvalue weighted by Gasteiger charge is -2.35. The Hall–Kier alpha value is -1.59. The third-order valence-corrected chi connectivity index (χ3v) is 3.51. The van der Waals surface area contributed by atoms with Crippen molar-refractivity contribution >= 4 is 22.0 Å². The number of rotatable bonds is 6. The molecule has 0 saturated heterocycles. The number of carbonyl (C=O) groups is 1. The Balaban J connectivity index is 3.32. The Morgan fingerprint density at radius 2 is 1.74 bits per heavy atom. The molecular weight excluding hydrogens is 378 g/mol. The van der Waals surface area contributed by atoms with Crippen LogP contribution in [-0.2, 0) is 10.5 Å². The SMILES string of the molecule is CCOC(=O)NC(O)(O)C(O)(O)c1cc(OC)c(Br)cc1OC. The summed E-state index contributed by atoms with van der Waals surface area (Å²) >= 11 is 3.18. The first-order chi connectivity index (χ1) is 10.6. The fraction of sp³-hybridized carbons (Fsp3) is 0.462. The minimum atomic E-state index is -3.47. The highest BCUT2D eigenvalue weighted by Gasteiger charge is 2.52. The highest BCUT2D eigenvalue weighted by atomic mass is 79.9. The van der Waals surface area contributed by atoms with Crippen LogP contribution in [0.15, 0.2) is 16.6 Å². The number of amides is 1. The number of carbonyl (C=O) groups excluding carboxylic acids is 1. The first-order valence-electron chi connectivity index (χ1n) is 6.37. The van der Waals surface area contributed by atoms with Crippen molar-refractivity contribution in [2.75, 3.05) is 20.8 Å². The van der Waals surface area contributed by atoms with Gasteiger partial charge in [-0.25, -0.2) is 4.79 Å².